The van der Waals surface area contributed by atoms with Crippen molar-refractivity contribution < 1.29 is 9.66 Å². The zero-order valence-electron chi connectivity index (χ0n) is 13.5. The van der Waals surface area contributed by atoms with Gasteiger partial charge < -0.3 is 4.74 Å². The number of nitro benzene ring substituents is 1. The van der Waals surface area contributed by atoms with Crippen molar-refractivity contribution in [2.45, 2.75) is 0 Å². The summed E-state index contributed by atoms with van der Waals surface area (Å²) in [5.74, 6) is 0.785. The first-order chi connectivity index (χ1) is 12.2. The van der Waals surface area contributed by atoms with Crippen LogP contribution in [0.4, 0.5) is 5.69 Å². The number of fused-ring (bicyclic) bond motifs is 1. The van der Waals surface area contributed by atoms with E-state index in [0.717, 1.165) is 17.0 Å². The van der Waals surface area contributed by atoms with Crippen molar-refractivity contribution in [3.05, 3.63) is 88.6 Å². The van der Waals surface area contributed by atoms with Gasteiger partial charge in [0.1, 0.15) is 12.4 Å². The SMILES string of the molecule is C=CCOc1ccc(/C=C/c2ccc3c([N+](=O)[O-])cccc3n2)cc1. The van der Waals surface area contributed by atoms with Crippen LogP contribution in [0, 0.1) is 10.1 Å². The molecule has 0 saturated heterocycles. The van der Waals surface area contributed by atoms with Gasteiger partial charge in [0, 0.05) is 6.07 Å². The molecule has 0 unspecified atom stereocenters. The molecule has 0 aliphatic carbocycles. The molecular formula is C20H16N2O3. The lowest BCUT2D eigenvalue weighted by Gasteiger charge is -2.03. The lowest BCUT2D eigenvalue weighted by atomic mass is 10.1. The standard InChI is InChI=1S/C20H16N2O3/c1-2-14-25-17-11-7-15(8-12-17)6-9-16-10-13-18-19(21-16)4-3-5-20(18)22(23)24/h2-13H,1,14H2/b9-6+. The van der Waals surface area contributed by atoms with E-state index in [4.69, 9.17) is 4.74 Å². The highest BCUT2D eigenvalue weighted by molar-refractivity contribution is 5.88. The molecule has 0 fully saturated rings. The Morgan fingerprint density at radius 2 is 1.88 bits per heavy atom. The number of hydrogen-bond acceptors (Lipinski definition) is 4. The van der Waals surface area contributed by atoms with Crippen LogP contribution >= 0.6 is 0 Å². The Labute approximate surface area is 145 Å². The highest BCUT2D eigenvalue weighted by Gasteiger charge is 2.11. The first kappa shape index (κ1) is 16.4. The van der Waals surface area contributed by atoms with Crippen LogP contribution in [0.2, 0.25) is 0 Å². The molecule has 0 radical (unpaired) electrons. The largest absolute Gasteiger partial charge is 0.490 e. The summed E-state index contributed by atoms with van der Waals surface area (Å²) >= 11 is 0. The topological polar surface area (TPSA) is 65.3 Å². The molecule has 3 rings (SSSR count). The Bertz CT molecular complexity index is 947. The van der Waals surface area contributed by atoms with Gasteiger partial charge in [-0.05, 0) is 42.0 Å². The molecule has 0 N–H and O–H groups in total. The van der Waals surface area contributed by atoms with E-state index in [1.54, 1.807) is 30.3 Å². The van der Waals surface area contributed by atoms with Gasteiger partial charge in [0.25, 0.3) is 5.69 Å². The van der Waals surface area contributed by atoms with Gasteiger partial charge in [0.05, 0.1) is 21.5 Å². The minimum atomic E-state index is -0.393. The number of pyridine rings is 1. The van der Waals surface area contributed by atoms with Crippen molar-refractivity contribution in [3.63, 3.8) is 0 Å². The van der Waals surface area contributed by atoms with Gasteiger partial charge in [0.15, 0.2) is 0 Å². The third-order valence-corrected chi connectivity index (χ3v) is 3.62. The lowest BCUT2D eigenvalue weighted by molar-refractivity contribution is -0.383. The van der Waals surface area contributed by atoms with Crippen molar-refractivity contribution in [1.82, 2.24) is 4.98 Å². The Balaban J connectivity index is 1.81. The third kappa shape index (κ3) is 3.90. The number of hydrogen-bond donors (Lipinski definition) is 0. The summed E-state index contributed by atoms with van der Waals surface area (Å²) in [5.41, 5.74) is 2.41. The zero-order valence-corrected chi connectivity index (χ0v) is 13.5. The van der Waals surface area contributed by atoms with Crippen LogP contribution in [0.5, 0.6) is 5.75 Å². The van der Waals surface area contributed by atoms with E-state index in [0.29, 0.717) is 17.5 Å². The fourth-order valence-electron chi connectivity index (χ4n) is 2.42. The molecule has 5 nitrogen and oxygen atoms in total. The molecule has 1 heterocycles. The molecular weight excluding hydrogens is 316 g/mol. The van der Waals surface area contributed by atoms with E-state index in [-0.39, 0.29) is 5.69 Å². The van der Waals surface area contributed by atoms with Crippen molar-refractivity contribution in [3.8, 4) is 5.75 Å². The summed E-state index contributed by atoms with van der Waals surface area (Å²) in [7, 11) is 0. The van der Waals surface area contributed by atoms with Gasteiger partial charge in [-0.3, -0.25) is 10.1 Å². The molecule has 1 aromatic heterocycles. The Morgan fingerprint density at radius 1 is 1.08 bits per heavy atom. The summed E-state index contributed by atoms with van der Waals surface area (Å²) in [4.78, 5) is 15.1. The van der Waals surface area contributed by atoms with Gasteiger partial charge in [-0.1, -0.05) is 36.9 Å². The van der Waals surface area contributed by atoms with Gasteiger partial charge in [-0.15, -0.1) is 0 Å². The van der Waals surface area contributed by atoms with Crippen molar-refractivity contribution in [2.24, 2.45) is 0 Å². The van der Waals surface area contributed by atoms with Crippen LogP contribution in [0.25, 0.3) is 23.1 Å². The van der Waals surface area contributed by atoms with E-state index in [2.05, 4.69) is 11.6 Å². The summed E-state index contributed by atoms with van der Waals surface area (Å²) < 4.78 is 5.44. The molecule has 124 valence electrons. The highest BCUT2D eigenvalue weighted by Crippen LogP contribution is 2.24. The molecule has 0 amide bonds. The molecule has 3 aromatic rings. The molecule has 5 heteroatoms. The van der Waals surface area contributed by atoms with Crippen molar-refractivity contribution in [2.75, 3.05) is 6.61 Å². The normalized spacial score (nSPS) is 10.9. The Morgan fingerprint density at radius 3 is 2.60 bits per heavy atom. The molecule has 0 aliphatic rings. The average molecular weight is 332 g/mol. The number of rotatable bonds is 6. The minimum Gasteiger partial charge on any atom is -0.490 e. The third-order valence-electron chi connectivity index (χ3n) is 3.62. The maximum Gasteiger partial charge on any atom is 0.278 e. The summed E-state index contributed by atoms with van der Waals surface area (Å²) in [5, 5.41) is 11.6. The number of nitrogens with zero attached hydrogens (tertiary/aromatic N) is 2. The Kier molecular flexibility index (Phi) is 4.85. The van der Waals surface area contributed by atoms with Crippen LogP contribution < -0.4 is 4.74 Å². The number of aromatic nitrogens is 1. The van der Waals surface area contributed by atoms with Crippen molar-refractivity contribution in [1.29, 1.82) is 0 Å². The van der Waals surface area contributed by atoms with Gasteiger partial charge >= 0.3 is 0 Å². The zero-order chi connectivity index (χ0) is 17.6. The molecule has 0 saturated carbocycles. The molecule has 0 spiro atoms. The quantitative estimate of drug-likeness (QED) is 0.367. The molecule has 0 atom stereocenters. The van der Waals surface area contributed by atoms with Crippen LogP contribution in [0.15, 0.2) is 67.3 Å². The maximum atomic E-state index is 11.1. The van der Waals surface area contributed by atoms with E-state index in [1.165, 1.54) is 6.07 Å². The van der Waals surface area contributed by atoms with E-state index < -0.39 is 4.92 Å². The fourth-order valence-corrected chi connectivity index (χ4v) is 2.42. The first-order valence-corrected chi connectivity index (χ1v) is 7.73. The molecule has 0 bridgehead atoms. The number of ether oxygens (including phenoxy) is 1. The van der Waals surface area contributed by atoms with E-state index in [9.17, 15) is 10.1 Å². The first-order valence-electron chi connectivity index (χ1n) is 7.73. The van der Waals surface area contributed by atoms with E-state index >= 15 is 0 Å². The smallest absolute Gasteiger partial charge is 0.278 e. The molecule has 2 aromatic carbocycles. The number of nitro groups is 1. The van der Waals surface area contributed by atoms with Crippen molar-refractivity contribution >= 4 is 28.7 Å². The van der Waals surface area contributed by atoms with Crippen LogP contribution in [0.3, 0.4) is 0 Å². The number of benzene rings is 2. The fraction of sp³-hybridized carbons (Fsp3) is 0.0500. The van der Waals surface area contributed by atoms with Crippen LogP contribution in [-0.4, -0.2) is 16.5 Å². The van der Waals surface area contributed by atoms with Gasteiger partial charge in [0.2, 0.25) is 0 Å². The predicted molar refractivity (Wildman–Crippen MR) is 99.5 cm³/mol. The van der Waals surface area contributed by atoms with Gasteiger partial charge in [-0.25, -0.2) is 4.98 Å². The van der Waals surface area contributed by atoms with Crippen LogP contribution in [0.1, 0.15) is 11.3 Å². The monoisotopic (exact) mass is 332 g/mol. The highest BCUT2D eigenvalue weighted by atomic mass is 16.6. The average Bonchev–Trinajstić information content (AvgIpc) is 2.64. The summed E-state index contributed by atoms with van der Waals surface area (Å²) in [6, 6.07) is 16.1. The van der Waals surface area contributed by atoms with Crippen LogP contribution in [-0.2, 0) is 0 Å². The maximum absolute atomic E-state index is 11.1. The summed E-state index contributed by atoms with van der Waals surface area (Å²) in [6.07, 6.45) is 5.50. The van der Waals surface area contributed by atoms with Gasteiger partial charge in [-0.2, -0.15) is 0 Å². The molecule has 0 aliphatic heterocycles. The minimum absolute atomic E-state index is 0.0654. The second-order valence-corrected chi connectivity index (χ2v) is 5.34. The number of non-ortho nitro benzene ring substituents is 1. The molecule has 25 heavy (non-hydrogen) atoms. The second kappa shape index (κ2) is 7.40. The second-order valence-electron chi connectivity index (χ2n) is 5.34. The van der Waals surface area contributed by atoms with E-state index in [1.807, 2.05) is 36.4 Å². The Hall–Kier alpha value is -3.47. The lowest BCUT2D eigenvalue weighted by Crippen LogP contribution is -1.92. The predicted octanol–water partition coefficient (Wildman–Crippen LogP) is 4.88. The summed E-state index contributed by atoms with van der Waals surface area (Å²) in [6.45, 7) is 4.09.